The van der Waals surface area contributed by atoms with Crippen molar-refractivity contribution in [3.05, 3.63) is 27.7 Å². The monoisotopic (exact) mass is 395 g/mol. The summed E-state index contributed by atoms with van der Waals surface area (Å²) in [5, 5.41) is 0.151. The number of benzene rings is 1. The Labute approximate surface area is 137 Å². The fourth-order valence-corrected chi connectivity index (χ4v) is 4.98. The van der Waals surface area contributed by atoms with E-state index in [2.05, 4.69) is 15.9 Å². The van der Waals surface area contributed by atoms with E-state index < -0.39 is 15.9 Å². The maximum Gasteiger partial charge on any atom is 0.310 e. The average molecular weight is 397 g/mol. The third-order valence-electron chi connectivity index (χ3n) is 3.59. The second-order valence-electron chi connectivity index (χ2n) is 5.00. The van der Waals surface area contributed by atoms with E-state index in [1.54, 1.807) is 6.07 Å². The summed E-state index contributed by atoms with van der Waals surface area (Å²) in [6, 6.07) is 4.61. The van der Waals surface area contributed by atoms with Crippen LogP contribution in [0.1, 0.15) is 6.92 Å². The predicted molar refractivity (Wildman–Crippen MR) is 82.6 cm³/mol. The first-order valence-electron chi connectivity index (χ1n) is 6.30. The zero-order valence-electron chi connectivity index (χ0n) is 11.5. The quantitative estimate of drug-likeness (QED) is 0.737. The molecule has 0 amide bonds. The smallest absolute Gasteiger partial charge is 0.310 e. The van der Waals surface area contributed by atoms with E-state index >= 15 is 0 Å². The lowest BCUT2D eigenvalue weighted by atomic mass is 9.99. The van der Waals surface area contributed by atoms with Gasteiger partial charge in [-0.15, -0.1) is 0 Å². The molecule has 1 aliphatic heterocycles. The highest BCUT2D eigenvalue weighted by molar-refractivity contribution is 9.10. The average Bonchev–Trinajstić information content (AvgIpc) is 2.80. The van der Waals surface area contributed by atoms with Crippen LogP contribution in [0.15, 0.2) is 27.6 Å². The van der Waals surface area contributed by atoms with Gasteiger partial charge >= 0.3 is 5.97 Å². The molecule has 8 heteroatoms. The summed E-state index contributed by atoms with van der Waals surface area (Å²) in [6.45, 7) is 2.22. The van der Waals surface area contributed by atoms with Crippen molar-refractivity contribution in [3.8, 4) is 0 Å². The Morgan fingerprint density at radius 1 is 1.43 bits per heavy atom. The van der Waals surface area contributed by atoms with Crippen LogP contribution >= 0.6 is 27.5 Å². The number of carbonyl (C=O) groups is 1. The molecule has 0 aromatic heterocycles. The molecule has 1 heterocycles. The lowest BCUT2D eigenvalue weighted by Crippen LogP contribution is -2.30. The molecule has 1 aromatic rings. The number of carbonyl (C=O) groups excluding carboxylic acids is 1. The highest BCUT2D eigenvalue weighted by Gasteiger charge is 2.41. The van der Waals surface area contributed by atoms with Crippen LogP contribution in [0.25, 0.3) is 0 Å². The van der Waals surface area contributed by atoms with Crippen molar-refractivity contribution in [2.24, 2.45) is 11.8 Å². The highest BCUT2D eigenvalue weighted by atomic mass is 79.9. The molecule has 1 aromatic carbocycles. The van der Waals surface area contributed by atoms with Crippen molar-refractivity contribution >= 4 is 43.5 Å². The number of nitrogens with zero attached hydrogens (tertiary/aromatic N) is 1. The van der Waals surface area contributed by atoms with E-state index in [0.29, 0.717) is 4.47 Å². The molecule has 2 rings (SSSR count). The summed E-state index contributed by atoms with van der Waals surface area (Å²) in [6.07, 6.45) is 0. The van der Waals surface area contributed by atoms with E-state index in [-0.39, 0.29) is 34.9 Å². The van der Waals surface area contributed by atoms with Crippen LogP contribution in [0.4, 0.5) is 0 Å². The Morgan fingerprint density at radius 2 is 2.10 bits per heavy atom. The second kappa shape index (κ2) is 6.24. The molecule has 116 valence electrons. The molecule has 1 saturated heterocycles. The number of esters is 1. The van der Waals surface area contributed by atoms with Crippen LogP contribution in [-0.2, 0) is 19.6 Å². The first-order valence-corrected chi connectivity index (χ1v) is 8.91. The van der Waals surface area contributed by atoms with Gasteiger partial charge in [-0.3, -0.25) is 4.79 Å². The number of hydrogen-bond acceptors (Lipinski definition) is 4. The van der Waals surface area contributed by atoms with Crippen molar-refractivity contribution in [2.45, 2.75) is 11.8 Å². The zero-order chi connectivity index (χ0) is 15.8. The van der Waals surface area contributed by atoms with Crippen LogP contribution in [0.5, 0.6) is 0 Å². The summed E-state index contributed by atoms with van der Waals surface area (Å²) < 4.78 is 32.0. The molecule has 0 bridgehead atoms. The number of rotatable bonds is 3. The third kappa shape index (κ3) is 3.26. The second-order valence-corrected chi connectivity index (χ2v) is 8.23. The highest BCUT2D eigenvalue weighted by Crippen LogP contribution is 2.33. The van der Waals surface area contributed by atoms with Crippen molar-refractivity contribution < 1.29 is 17.9 Å². The molecule has 2 atom stereocenters. The maximum atomic E-state index is 12.6. The minimum Gasteiger partial charge on any atom is -0.469 e. The van der Waals surface area contributed by atoms with Crippen LogP contribution in [0, 0.1) is 11.8 Å². The van der Waals surface area contributed by atoms with E-state index in [9.17, 15) is 13.2 Å². The van der Waals surface area contributed by atoms with E-state index in [1.165, 1.54) is 23.5 Å². The van der Waals surface area contributed by atoms with E-state index in [1.807, 2.05) is 6.92 Å². The molecule has 2 unspecified atom stereocenters. The fourth-order valence-electron chi connectivity index (χ4n) is 2.40. The van der Waals surface area contributed by atoms with Gasteiger partial charge in [-0.1, -0.05) is 34.5 Å². The van der Waals surface area contributed by atoms with Crippen molar-refractivity contribution in [1.82, 2.24) is 4.31 Å². The molecule has 0 spiro atoms. The summed E-state index contributed by atoms with van der Waals surface area (Å²) in [4.78, 5) is 11.7. The summed E-state index contributed by atoms with van der Waals surface area (Å²) in [5.41, 5.74) is 0. The molecule has 5 nitrogen and oxygen atoms in total. The largest absolute Gasteiger partial charge is 0.469 e. The van der Waals surface area contributed by atoms with Gasteiger partial charge in [0.25, 0.3) is 0 Å². The summed E-state index contributed by atoms with van der Waals surface area (Å²) in [7, 11) is -2.42. The van der Waals surface area contributed by atoms with Gasteiger partial charge < -0.3 is 4.74 Å². The SMILES string of the molecule is COC(=O)C1CN(S(=O)(=O)c2ccc(Br)cc2Cl)CC1C. The van der Waals surface area contributed by atoms with Gasteiger partial charge in [0, 0.05) is 17.6 Å². The standard InChI is InChI=1S/C13H15BrClNO4S/c1-8-6-16(7-10(8)13(17)20-2)21(18,19)12-4-3-9(14)5-11(12)15/h3-5,8,10H,6-7H2,1-2H3. The normalized spacial score (nSPS) is 23.2. The lowest BCUT2D eigenvalue weighted by molar-refractivity contribution is -0.145. The molecule has 1 fully saturated rings. The Bertz CT molecular complexity index is 664. The lowest BCUT2D eigenvalue weighted by Gasteiger charge is -2.17. The van der Waals surface area contributed by atoms with Crippen molar-refractivity contribution in [2.75, 3.05) is 20.2 Å². The summed E-state index contributed by atoms with van der Waals surface area (Å²) >= 11 is 9.27. The minimum atomic E-state index is -3.72. The fraction of sp³-hybridized carbons (Fsp3) is 0.462. The minimum absolute atomic E-state index is 0.0464. The Kier molecular flexibility index (Phi) is 4.97. The molecule has 21 heavy (non-hydrogen) atoms. The Hall–Kier alpha value is -0.630. The molecule has 1 aliphatic rings. The third-order valence-corrected chi connectivity index (χ3v) is 6.40. The maximum absolute atomic E-state index is 12.6. The Morgan fingerprint density at radius 3 is 2.67 bits per heavy atom. The van der Waals surface area contributed by atoms with E-state index in [0.717, 1.165) is 0 Å². The number of hydrogen-bond donors (Lipinski definition) is 0. The Balaban J connectivity index is 2.31. The first-order chi connectivity index (χ1) is 9.77. The van der Waals surface area contributed by atoms with Gasteiger partial charge in [-0.05, 0) is 24.1 Å². The van der Waals surface area contributed by atoms with E-state index in [4.69, 9.17) is 16.3 Å². The molecule has 0 aliphatic carbocycles. The van der Waals surface area contributed by atoms with Gasteiger partial charge in [0.2, 0.25) is 10.0 Å². The molecule has 0 N–H and O–H groups in total. The predicted octanol–water partition coefficient (Wildman–Crippen LogP) is 2.53. The molecular formula is C13H15BrClNO4S. The van der Waals surface area contributed by atoms with Crippen LogP contribution in [0.2, 0.25) is 5.02 Å². The number of methoxy groups -OCH3 is 1. The molecule has 0 saturated carbocycles. The van der Waals surface area contributed by atoms with Crippen LogP contribution in [-0.4, -0.2) is 38.9 Å². The van der Waals surface area contributed by atoms with Gasteiger partial charge in [0.1, 0.15) is 4.90 Å². The van der Waals surface area contributed by atoms with Crippen LogP contribution < -0.4 is 0 Å². The number of sulfonamides is 1. The van der Waals surface area contributed by atoms with Crippen molar-refractivity contribution in [3.63, 3.8) is 0 Å². The first kappa shape index (κ1) is 16.7. The zero-order valence-corrected chi connectivity index (χ0v) is 14.7. The molecule has 0 radical (unpaired) electrons. The number of ether oxygens (including phenoxy) is 1. The summed E-state index contributed by atoms with van der Waals surface area (Å²) in [5.74, 6) is -0.928. The van der Waals surface area contributed by atoms with Gasteiger partial charge in [0.05, 0.1) is 18.1 Å². The number of halogens is 2. The van der Waals surface area contributed by atoms with Gasteiger partial charge in [-0.2, -0.15) is 4.31 Å². The van der Waals surface area contributed by atoms with Crippen LogP contribution in [0.3, 0.4) is 0 Å². The van der Waals surface area contributed by atoms with Gasteiger partial charge in [-0.25, -0.2) is 8.42 Å². The molecular weight excluding hydrogens is 382 g/mol. The van der Waals surface area contributed by atoms with Crippen molar-refractivity contribution in [1.29, 1.82) is 0 Å². The van der Waals surface area contributed by atoms with Gasteiger partial charge in [0.15, 0.2) is 0 Å². The topological polar surface area (TPSA) is 63.7 Å².